The summed E-state index contributed by atoms with van der Waals surface area (Å²) in [6.07, 6.45) is 3.04. The zero-order valence-corrected chi connectivity index (χ0v) is 13.7. The fourth-order valence-electron chi connectivity index (χ4n) is 2.81. The lowest BCUT2D eigenvalue weighted by Crippen LogP contribution is -2.34. The Kier molecular flexibility index (Phi) is 5.43. The molecule has 0 saturated carbocycles. The molecule has 0 fully saturated rings. The minimum absolute atomic E-state index is 0.147. The van der Waals surface area contributed by atoms with Gasteiger partial charge in [0.2, 0.25) is 0 Å². The number of phenols is 1. The number of nitrogens with one attached hydrogen (secondary N) is 1. The number of hydrogen-bond acceptors (Lipinski definition) is 5. The lowest BCUT2D eigenvalue weighted by molar-refractivity contribution is 0.169. The van der Waals surface area contributed by atoms with E-state index in [4.69, 9.17) is 15.2 Å². The zero-order chi connectivity index (χ0) is 16.8. The van der Waals surface area contributed by atoms with Crippen molar-refractivity contribution in [3.8, 4) is 17.2 Å². The average molecular weight is 328 g/mol. The second-order valence-corrected chi connectivity index (χ2v) is 6.05. The monoisotopic (exact) mass is 328 g/mol. The normalized spacial score (nSPS) is 16.2. The summed E-state index contributed by atoms with van der Waals surface area (Å²) in [5.41, 5.74) is 7.60. The first-order chi connectivity index (χ1) is 11.7. The maximum Gasteiger partial charge on any atom is 0.126 e. The van der Waals surface area contributed by atoms with Crippen molar-refractivity contribution < 1.29 is 14.6 Å². The fourth-order valence-corrected chi connectivity index (χ4v) is 2.81. The third-order valence-electron chi connectivity index (χ3n) is 4.08. The van der Waals surface area contributed by atoms with E-state index in [1.54, 1.807) is 12.1 Å². The molecule has 0 amide bonds. The fraction of sp³-hybridized carbons (Fsp3) is 0.368. The number of anilines is 1. The van der Waals surface area contributed by atoms with E-state index in [1.165, 1.54) is 5.56 Å². The van der Waals surface area contributed by atoms with Gasteiger partial charge in [0, 0.05) is 24.4 Å². The van der Waals surface area contributed by atoms with Crippen LogP contribution in [0.15, 0.2) is 42.5 Å². The minimum Gasteiger partial charge on any atom is -0.508 e. The molecule has 1 heterocycles. The highest BCUT2D eigenvalue weighted by Gasteiger charge is 2.19. The number of phenolic OH excluding ortho intramolecular Hbond substituents is 1. The summed E-state index contributed by atoms with van der Waals surface area (Å²) in [5.74, 6) is 1.86. The molecule has 1 atom stereocenters. The Balaban J connectivity index is 1.33. The molecule has 0 bridgehead atoms. The number of aromatic hydroxyl groups is 1. The summed E-state index contributed by atoms with van der Waals surface area (Å²) in [4.78, 5) is 0. The van der Waals surface area contributed by atoms with Crippen LogP contribution in [0.25, 0.3) is 0 Å². The van der Waals surface area contributed by atoms with Crippen LogP contribution in [0.1, 0.15) is 18.4 Å². The molecule has 2 aromatic rings. The largest absolute Gasteiger partial charge is 0.508 e. The van der Waals surface area contributed by atoms with Gasteiger partial charge in [0.15, 0.2) is 0 Å². The van der Waals surface area contributed by atoms with Crippen LogP contribution in [-0.2, 0) is 6.42 Å². The van der Waals surface area contributed by atoms with E-state index in [0.29, 0.717) is 12.3 Å². The molecule has 1 unspecified atom stereocenters. The van der Waals surface area contributed by atoms with Gasteiger partial charge in [-0.3, -0.25) is 0 Å². The van der Waals surface area contributed by atoms with Crippen molar-refractivity contribution in [1.29, 1.82) is 0 Å². The molecular formula is C19H24N2O3. The van der Waals surface area contributed by atoms with Crippen LogP contribution in [0.4, 0.5) is 5.69 Å². The Morgan fingerprint density at radius 3 is 3.04 bits per heavy atom. The molecule has 2 aromatic carbocycles. The Morgan fingerprint density at radius 1 is 1.25 bits per heavy atom. The minimum atomic E-state index is 0.147. The molecule has 0 aromatic heterocycles. The topological polar surface area (TPSA) is 76.7 Å². The molecule has 0 aliphatic carbocycles. The highest BCUT2D eigenvalue weighted by atomic mass is 16.5. The Labute approximate surface area is 142 Å². The van der Waals surface area contributed by atoms with Gasteiger partial charge in [-0.25, -0.2) is 0 Å². The predicted octanol–water partition coefficient (Wildman–Crippen LogP) is 2.73. The van der Waals surface area contributed by atoms with Crippen LogP contribution in [0.2, 0.25) is 0 Å². The number of nitrogens with two attached hydrogens (primary N) is 1. The number of benzene rings is 2. The Hall–Kier alpha value is -2.40. The predicted molar refractivity (Wildman–Crippen MR) is 94.7 cm³/mol. The third-order valence-corrected chi connectivity index (χ3v) is 4.08. The second-order valence-electron chi connectivity index (χ2n) is 6.05. The number of aryl methyl sites for hydroxylation is 1. The van der Waals surface area contributed by atoms with E-state index >= 15 is 0 Å². The van der Waals surface area contributed by atoms with Gasteiger partial charge in [-0.05, 0) is 49.6 Å². The van der Waals surface area contributed by atoms with Gasteiger partial charge in [0.1, 0.15) is 23.4 Å². The standard InChI is InChI=1S/C19H24N2O3/c20-15-3-1-4-17(11-15)23-10-2-9-21-13-18-8-6-14-5-7-16(22)12-19(14)24-18/h1,3-5,7,11-12,18,21-22H,2,6,8-10,13,20H2. The van der Waals surface area contributed by atoms with Crippen molar-refractivity contribution >= 4 is 5.69 Å². The number of hydrogen-bond donors (Lipinski definition) is 3. The van der Waals surface area contributed by atoms with Crippen molar-refractivity contribution in [1.82, 2.24) is 5.32 Å². The molecule has 1 aliphatic heterocycles. The van der Waals surface area contributed by atoms with Crippen LogP contribution >= 0.6 is 0 Å². The van der Waals surface area contributed by atoms with Crippen LogP contribution in [0, 0.1) is 0 Å². The van der Waals surface area contributed by atoms with E-state index in [2.05, 4.69) is 5.32 Å². The number of nitrogen functional groups attached to an aromatic ring is 1. The molecular weight excluding hydrogens is 304 g/mol. The zero-order valence-electron chi connectivity index (χ0n) is 13.7. The number of rotatable bonds is 7. The van der Waals surface area contributed by atoms with Gasteiger partial charge in [-0.15, -0.1) is 0 Å². The Morgan fingerprint density at radius 2 is 2.17 bits per heavy atom. The van der Waals surface area contributed by atoms with Gasteiger partial charge in [-0.2, -0.15) is 0 Å². The molecule has 3 rings (SSSR count). The summed E-state index contributed by atoms with van der Waals surface area (Å²) >= 11 is 0. The molecule has 0 saturated heterocycles. The van der Waals surface area contributed by atoms with E-state index < -0.39 is 0 Å². The van der Waals surface area contributed by atoms with E-state index in [0.717, 1.165) is 43.9 Å². The van der Waals surface area contributed by atoms with Crippen LogP contribution in [-0.4, -0.2) is 30.9 Å². The smallest absolute Gasteiger partial charge is 0.126 e. The van der Waals surface area contributed by atoms with E-state index in [9.17, 15) is 5.11 Å². The van der Waals surface area contributed by atoms with E-state index in [-0.39, 0.29) is 11.9 Å². The summed E-state index contributed by atoms with van der Waals surface area (Å²) in [5, 5.41) is 12.9. The first kappa shape index (κ1) is 16.5. The molecule has 0 spiro atoms. The maximum absolute atomic E-state index is 9.54. The summed E-state index contributed by atoms with van der Waals surface area (Å²) in [6.45, 7) is 2.32. The SMILES string of the molecule is Nc1cccc(OCCCNCC2CCc3ccc(O)cc3O2)c1. The van der Waals surface area contributed by atoms with Gasteiger partial charge in [0.05, 0.1) is 6.61 Å². The van der Waals surface area contributed by atoms with Crippen LogP contribution in [0.5, 0.6) is 17.2 Å². The second kappa shape index (κ2) is 7.93. The van der Waals surface area contributed by atoms with Gasteiger partial charge in [0.25, 0.3) is 0 Å². The summed E-state index contributed by atoms with van der Waals surface area (Å²) in [6, 6.07) is 12.8. The lowest BCUT2D eigenvalue weighted by atomic mass is 10.0. The number of ether oxygens (including phenoxy) is 2. The van der Waals surface area contributed by atoms with Gasteiger partial charge >= 0.3 is 0 Å². The first-order valence-corrected chi connectivity index (χ1v) is 8.38. The average Bonchev–Trinajstić information content (AvgIpc) is 2.57. The molecule has 1 aliphatic rings. The molecule has 128 valence electrons. The third kappa shape index (κ3) is 4.55. The summed E-state index contributed by atoms with van der Waals surface area (Å²) in [7, 11) is 0. The molecule has 5 heteroatoms. The van der Waals surface area contributed by atoms with Crippen molar-refractivity contribution in [2.45, 2.75) is 25.4 Å². The number of fused-ring (bicyclic) bond motifs is 1. The van der Waals surface area contributed by atoms with Crippen LogP contribution < -0.4 is 20.5 Å². The summed E-state index contributed by atoms with van der Waals surface area (Å²) < 4.78 is 11.6. The molecule has 24 heavy (non-hydrogen) atoms. The van der Waals surface area contributed by atoms with Crippen molar-refractivity contribution in [2.24, 2.45) is 0 Å². The molecule has 4 N–H and O–H groups in total. The van der Waals surface area contributed by atoms with Gasteiger partial charge < -0.3 is 25.6 Å². The van der Waals surface area contributed by atoms with Crippen molar-refractivity contribution in [2.75, 3.05) is 25.4 Å². The van der Waals surface area contributed by atoms with Crippen molar-refractivity contribution in [3.05, 3.63) is 48.0 Å². The first-order valence-electron chi connectivity index (χ1n) is 8.38. The van der Waals surface area contributed by atoms with Gasteiger partial charge in [-0.1, -0.05) is 12.1 Å². The highest BCUT2D eigenvalue weighted by Crippen LogP contribution is 2.30. The molecule has 0 radical (unpaired) electrons. The molecule has 5 nitrogen and oxygen atoms in total. The maximum atomic E-state index is 9.54. The van der Waals surface area contributed by atoms with Crippen molar-refractivity contribution in [3.63, 3.8) is 0 Å². The lowest BCUT2D eigenvalue weighted by Gasteiger charge is -2.26. The van der Waals surface area contributed by atoms with E-state index in [1.807, 2.05) is 30.3 Å². The highest BCUT2D eigenvalue weighted by molar-refractivity contribution is 5.43. The van der Waals surface area contributed by atoms with Crippen LogP contribution in [0.3, 0.4) is 0 Å². The Bertz CT molecular complexity index is 675. The quantitative estimate of drug-likeness (QED) is 0.538.